The van der Waals surface area contributed by atoms with Crippen LogP contribution in [0, 0.1) is 0 Å². The number of amides is 4. The van der Waals surface area contributed by atoms with Crippen molar-refractivity contribution in [1.82, 2.24) is 21.3 Å². The number of unbranched alkanes of at least 4 members (excludes halogenated alkanes) is 2. The first-order chi connectivity index (χ1) is 21.6. The molecular weight excluding hydrogens is 588 g/mol. The Bertz CT molecular complexity index is 1170. The quantitative estimate of drug-likeness (QED) is 0.141. The van der Waals surface area contributed by atoms with Gasteiger partial charge in [0.05, 0.1) is 0 Å². The van der Waals surface area contributed by atoms with Crippen LogP contribution in [0.1, 0.15) is 57.1 Å². The van der Waals surface area contributed by atoms with Gasteiger partial charge in [0, 0.05) is 52.9 Å². The fourth-order valence-corrected chi connectivity index (χ4v) is 3.58. The van der Waals surface area contributed by atoms with Crippen molar-refractivity contribution in [3.05, 3.63) is 59.7 Å². The zero-order chi connectivity index (χ0) is 32.9. The second kappa shape index (κ2) is 20.7. The molecular formula is C31H40N4O10. The Morgan fingerprint density at radius 1 is 0.511 bits per heavy atom. The summed E-state index contributed by atoms with van der Waals surface area (Å²) in [4.78, 5) is 69.4. The van der Waals surface area contributed by atoms with Gasteiger partial charge in [-0.25, -0.2) is 9.59 Å². The predicted octanol–water partition coefficient (Wildman–Crippen LogP) is 2.87. The summed E-state index contributed by atoms with van der Waals surface area (Å²) in [6.07, 6.45) is 1.05. The van der Waals surface area contributed by atoms with E-state index in [9.17, 15) is 28.8 Å². The number of benzene rings is 2. The fourth-order valence-electron chi connectivity index (χ4n) is 3.58. The van der Waals surface area contributed by atoms with Crippen LogP contribution in [0.25, 0.3) is 0 Å². The molecule has 244 valence electrons. The molecule has 0 saturated carbocycles. The number of rotatable bonds is 18. The molecule has 0 saturated heterocycles. The van der Waals surface area contributed by atoms with Gasteiger partial charge in [0.25, 0.3) is 0 Å². The van der Waals surface area contributed by atoms with Crippen molar-refractivity contribution < 1.29 is 47.7 Å². The van der Waals surface area contributed by atoms with E-state index < -0.39 is 12.2 Å². The smallest absolute Gasteiger partial charge is 0.412 e. The Morgan fingerprint density at radius 3 is 1.24 bits per heavy atom. The Kier molecular flexibility index (Phi) is 16.6. The summed E-state index contributed by atoms with van der Waals surface area (Å²) in [6, 6.07) is 13.0. The molecule has 4 N–H and O–H groups in total. The largest absolute Gasteiger partial charge is 0.461 e. The van der Waals surface area contributed by atoms with E-state index in [1.54, 1.807) is 48.5 Å². The van der Waals surface area contributed by atoms with Gasteiger partial charge in [-0.2, -0.15) is 0 Å². The first-order valence-corrected chi connectivity index (χ1v) is 14.5. The lowest BCUT2D eigenvalue weighted by Crippen LogP contribution is -2.33. The van der Waals surface area contributed by atoms with Crippen LogP contribution in [0.2, 0.25) is 0 Å². The molecule has 2 aromatic carbocycles. The van der Waals surface area contributed by atoms with Gasteiger partial charge in [-0.05, 0) is 54.7 Å². The van der Waals surface area contributed by atoms with Crippen LogP contribution in [0.15, 0.2) is 48.5 Å². The predicted molar refractivity (Wildman–Crippen MR) is 161 cm³/mol. The van der Waals surface area contributed by atoms with Crippen molar-refractivity contribution in [3.8, 4) is 11.5 Å². The molecule has 4 amide bonds. The van der Waals surface area contributed by atoms with Gasteiger partial charge in [-0.3, -0.25) is 19.2 Å². The highest BCUT2D eigenvalue weighted by atomic mass is 16.6. The minimum atomic E-state index is -0.686. The monoisotopic (exact) mass is 628 g/mol. The van der Waals surface area contributed by atoms with Crippen molar-refractivity contribution in [1.29, 1.82) is 0 Å². The van der Waals surface area contributed by atoms with E-state index in [1.165, 1.54) is 13.8 Å². The Morgan fingerprint density at radius 2 is 0.889 bits per heavy atom. The van der Waals surface area contributed by atoms with Crippen molar-refractivity contribution in [2.75, 3.05) is 26.2 Å². The molecule has 0 aliphatic carbocycles. The zero-order valence-corrected chi connectivity index (χ0v) is 25.5. The fraction of sp³-hybridized carbons (Fsp3) is 0.419. The molecule has 0 aromatic heterocycles. The molecule has 0 aliphatic heterocycles. The van der Waals surface area contributed by atoms with Gasteiger partial charge in [0.1, 0.15) is 24.7 Å². The van der Waals surface area contributed by atoms with Gasteiger partial charge in [0.2, 0.25) is 11.8 Å². The van der Waals surface area contributed by atoms with Gasteiger partial charge < -0.3 is 40.2 Å². The molecule has 14 heteroatoms. The maximum Gasteiger partial charge on any atom is 0.412 e. The molecule has 0 fully saturated rings. The lowest BCUT2D eigenvalue weighted by atomic mass is 10.2. The average molecular weight is 629 g/mol. The van der Waals surface area contributed by atoms with E-state index >= 15 is 0 Å². The summed E-state index contributed by atoms with van der Waals surface area (Å²) in [5.74, 6) is -0.553. The number of ether oxygens (including phenoxy) is 4. The Labute approximate surface area is 261 Å². The maximum absolute atomic E-state index is 12.0. The Hall–Kier alpha value is -5.14. The van der Waals surface area contributed by atoms with Crippen LogP contribution in [0.4, 0.5) is 9.59 Å². The minimum absolute atomic E-state index is 0.0952. The molecule has 0 heterocycles. The van der Waals surface area contributed by atoms with E-state index in [4.69, 9.17) is 18.9 Å². The first kappa shape index (κ1) is 36.1. The van der Waals surface area contributed by atoms with Crippen molar-refractivity contribution in [2.45, 2.75) is 59.2 Å². The number of carbonyl (C=O) groups excluding carboxylic acids is 6. The number of esters is 2. The Balaban J connectivity index is 1.43. The highest BCUT2D eigenvalue weighted by molar-refractivity contribution is 5.78. The molecule has 0 bridgehead atoms. The van der Waals surface area contributed by atoms with E-state index in [0.717, 1.165) is 30.4 Å². The topological polar surface area (TPSA) is 187 Å². The first-order valence-electron chi connectivity index (χ1n) is 14.5. The number of carbonyl (C=O) groups is 6. The van der Waals surface area contributed by atoms with Crippen molar-refractivity contribution in [2.24, 2.45) is 0 Å². The number of nitrogens with one attached hydrogen (secondary N) is 4. The van der Waals surface area contributed by atoms with E-state index in [-0.39, 0.29) is 62.9 Å². The highest BCUT2D eigenvalue weighted by Crippen LogP contribution is 2.14. The van der Waals surface area contributed by atoms with Crippen LogP contribution >= 0.6 is 0 Å². The normalized spacial score (nSPS) is 10.2. The lowest BCUT2D eigenvalue weighted by molar-refractivity contribution is -0.143. The van der Waals surface area contributed by atoms with Crippen LogP contribution < -0.4 is 30.7 Å². The average Bonchev–Trinajstić information content (AvgIpc) is 2.99. The van der Waals surface area contributed by atoms with Crippen molar-refractivity contribution >= 4 is 35.9 Å². The number of hydrogen-bond acceptors (Lipinski definition) is 10. The summed E-state index contributed by atoms with van der Waals surface area (Å²) in [5.41, 5.74) is 1.51. The van der Waals surface area contributed by atoms with E-state index in [1.807, 2.05) is 0 Å². The molecule has 0 radical (unpaired) electrons. The highest BCUT2D eigenvalue weighted by Gasteiger charge is 2.08. The zero-order valence-electron chi connectivity index (χ0n) is 25.5. The molecule has 0 spiro atoms. The summed E-state index contributed by atoms with van der Waals surface area (Å²) >= 11 is 0. The summed E-state index contributed by atoms with van der Waals surface area (Å²) in [5, 5.41) is 10.6. The maximum atomic E-state index is 12.0. The van der Waals surface area contributed by atoms with Crippen LogP contribution in [-0.4, -0.2) is 62.1 Å². The molecule has 0 unspecified atom stereocenters. The van der Waals surface area contributed by atoms with Gasteiger partial charge in [-0.1, -0.05) is 24.3 Å². The molecule has 0 aliphatic rings. The van der Waals surface area contributed by atoms with Crippen LogP contribution in [0.3, 0.4) is 0 Å². The second-order valence-corrected chi connectivity index (χ2v) is 9.74. The summed E-state index contributed by atoms with van der Waals surface area (Å²) in [7, 11) is 0. The summed E-state index contributed by atoms with van der Waals surface area (Å²) < 4.78 is 20.1. The SMILES string of the molecule is CC(=O)OCc1ccc(OC(=O)NCCC(=O)NCCCCCNC(=O)CCNC(=O)Oc2ccc(COC(C)=O)cc2)cc1. The van der Waals surface area contributed by atoms with Gasteiger partial charge in [-0.15, -0.1) is 0 Å². The van der Waals surface area contributed by atoms with Crippen LogP contribution in [-0.2, 0) is 41.9 Å². The molecule has 2 aromatic rings. The minimum Gasteiger partial charge on any atom is -0.461 e. The third-order valence-electron chi connectivity index (χ3n) is 5.89. The van der Waals surface area contributed by atoms with E-state index in [0.29, 0.717) is 24.6 Å². The lowest BCUT2D eigenvalue weighted by Gasteiger charge is -2.09. The number of hydrogen-bond donors (Lipinski definition) is 4. The van der Waals surface area contributed by atoms with Crippen LogP contribution in [0.5, 0.6) is 11.5 Å². The third-order valence-corrected chi connectivity index (χ3v) is 5.89. The standard InChI is InChI=1S/C31H40N4O10/c1-22(36)42-20-24-6-10-26(11-7-24)44-30(40)34-18-14-28(38)32-16-4-3-5-17-33-29(39)15-19-35-31(41)45-27-12-8-25(9-13-27)21-43-23(2)37/h6-13H,3-5,14-21H2,1-2H3,(H,32,38)(H,33,39)(H,34,40)(H,35,41). The van der Waals surface area contributed by atoms with Gasteiger partial charge >= 0.3 is 24.1 Å². The van der Waals surface area contributed by atoms with Crippen molar-refractivity contribution in [3.63, 3.8) is 0 Å². The van der Waals surface area contributed by atoms with Gasteiger partial charge in [0.15, 0.2) is 0 Å². The molecule has 45 heavy (non-hydrogen) atoms. The second-order valence-electron chi connectivity index (χ2n) is 9.74. The molecule has 0 atom stereocenters. The third kappa shape index (κ3) is 17.5. The molecule has 2 rings (SSSR count). The summed E-state index contributed by atoms with van der Waals surface area (Å²) in [6.45, 7) is 4.07. The van der Waals surface area contributed by atoms with E-state index in [2.05, 4.69) is 21.3 Å². The molecule has 14 nitrogen and oxygen atoms in total.